The van der Waals surface area contributed by atoms with Gasteiger partial charge in [0.25, 0.3) is 5.91 Å². The Morgan fingerprint density at radius 3 is 2.62 bits per heavy atom. The molecule has 0 heterocycles. The summed E-state index contributed by atoms with van der Waals surface area (Å²) in [5, 5.41) is 11.8. The molecule has 0 fully saturated rings. The Morgan fingerprint density at radius 1 is 1.24 bits per heavy atom. The average Bonchev–Trinajstić information content (AvgIpc) is 2.46. The van der Waals surface area contributed by atoms with Crippen LogP contribution in [0.5, 0.6) is 0 Å². The zero-order chi connectivity index (χ0) is 15.2. The smallest absolute Gasteiger partial charge is 0.305 e. The average molecular weight is 289 g/mol. The van der Waals surface area contributed by atoms with Gasteiger partial charge >= 0.3 is 5.97 Å². The standard InChI is InChI=1S/C17H23NO3/c1-2-5-15(11-16(19)20)18-17(21)14-9-8-12-6-3-4-7-13(12)10-14/h8-10,15H,2-7,11H2,1H3,(H,18,21)(H,19,20). The number of benzene rings is 1. The van der Waals surface area contributed by atoms with E-state index in [0.717, 1.165) is 19.3 Å². The summed E-state index contributed by atoms with van der Waals surface area (Å²) in [6.45, 7) is 1.99. The van der Waals surface area contributed by atoms with Gasteiger partial charge in [-0.25, -0.2) is 0 Å². The van der Waals surface area contributed by atoms with Crippen LogP contribution >= 0.6 is 0 Å². The van der Waals surface area contributed by atoms with Crippen molar-refractivity contribution >= 4 is 11.9 Å². The summed E-state index contributed by atoms with van der Waals surface area (Å²) < 4.78 is 0. The second kappa shape index (κ2) is 7.25. The van der Waals surface area contributed by atoms with Crippen molar-refractivity contribution in [2.24, 2.45) is 0 Å². The minimum atomic E-state index is -0.876. The van der Waals surface area contributed by atoms with E-state index in [-0.39, 0.29) is 18.4 Å². The van der Waals surface area contributed by atoms with Crippen LogP contribution < -0.4 is 5.32 Å². The van der Waals surface area contributed by atoms with Gasteiger partial charge in [-0.1, -0.05) is 19.4 Å². The minimum Gasteiger partial charge on any atom is -0.481 e. The van der Waals surface area contributed by atoms with E-state index in [4.69, 9.17) is 5.11 Å². The van der Waals surface area contributed by atoms with Crippen LogP contribution in [0.4, 0.5) is 0 Å². The Balaban J connectivity index is 2.06. The number of carboxylic acid groups (broad SMARTS) is 1. The van der Waals surface area contributed by atoms with E-state index in [1.54, 1.807) is 0 Å². The van der Waals surface area contributed by atoms with Crippen molar-refractivity contribution in [3.8, 4) is 0 Å². The summed E-state index contributed by atoms with van der Waals surface area (Å²) in [6.07, 6.45) is 6.03. The first-order valence-corrected chi connectivity index (χ1v) is 7.74. The number of amides is 1. The number of carbonyl (C=O) groups excluding carboxylic acids is 1. The van der Waals surface area contributed by atoms with Crippen LogP contribution in [0.25, 0.3) is 0 Å². The van der Waals surface area contributed by atoms with Crippen molar-refractivity contribution in [3.05, 3.63) is 34.9 Å². The molecule has 1 unspecified atom stereocenters. The molecule has 0 bridgehead atoms. The SMILES string of the molecule is CCCC(CC(=O)O)NC(=O)c1ccc2c(c1)CCCC2. The zero-order valence-electron chi connectivity index (χ0n) is 12.5. The van der Waals surface area contributed by atoms with Crippen LogP contribution in [0.2, 0.25) is 0 Å². The second-order valence-electron chi connectivity index (χ2n) is 5.75. The molecule has 0 saturated heterocycles. The van der Waals surface area contributed by atoms with Crippen molar-refractivity contribution in [1.82, 2.24) is 5.32 Å². The lowest BCUT2D eigenvalue weighted by Crippen LogP contribution is -2.36. The molecule has 1 aromatic rings. The molecular weight excluding hydrogens is 266 g/mol. The highest BCUT2D eigenvalue weighted by atomic mass is 16.4. The molecule has 1 aromatic carbocycles. The van der Waals surface area contributed by atoms with E-state index in [0.29, 0.717) is 12.0 Å². The molecule has 0 saturated carbocycles. The summed E-state index contributed by atoms with van der Waals surface area (Å²) in [5.74, 6) is -1.04. The third kappa shape index (κ3) is 4.31. The molecule has 2 N–H and O–H groups in total. The number of carbonyl (C=O) groups is 2. The normalized spacial score (nSPS) is 15.1. The number of nitrogens with one attached hydrogen (secondary N) is 1. The fourth-order valence-corrected chi connectivity index (χ4v) is 2.93. The highest BCUT2D eigenvalue weighted by Gasteiger charge is 2.17. The van der Waals surface area contributed by atoms with E-state index >= 15 is 0 Å². The quantitative estimate of drug-likeness (QED) is 0.846. The van der Waals surface area contributed by atoms with E-state index in [9.17, 15) is 9.59 Å². The Bertz CT molecular complexity index is 525. The second-order valence-corrected chi connectivity index (χ2v) is 5.75. The number of aliphatic carboxylic acids is 1. The van der Waals surface area contributed by atoms with Gasteiger partial charge in [0.05, 0.1) is 6.42 Å². The zero-order valence-corrected chi connectivity index (χ0v) is 12.5. The van der Waals surface area contributed by atoms with Gasteiger partial charge in [0.1, 0.15) is 0 Å². The van der Waals surface area contributed by atoms with Crippen LogP contribution in [-0.2, 0) is 17.6 Å². The van der Waals surface area contributed by atoms with E-state index in [2.05, 4.69) is 5.32 Å². The number of fused-ring (bicyclic) bond motifs is 1. The van der Waals surface area contributed by atoms with E-state index in [1.807, 2.05) is 25.1 Å². The number of hydrogen-bond donors (Lipinski definition) is 2. The third-order valence-electron chi connectivity index (χ3n) is 4.00. The van der Waals surface area contributed by atoms with Crippen LogP contribution in [-0.4, -0.2) is 23.0 Å². The number of carboxylic acids is 1. The van der Waals surface area contributed by atoms with Crippen LogP contribution in [0, 0.1) is 0 Å². The van der Waals surface area contributed by atoms with Gasteiger partial charge in [0, 0.05) is 11.6 Å². The summed E-state index contributed by atoms with van der Waals surface area (Å²) in [7, 11) is 0. The van der Waals surface area contributed by atoms with Crippen molar-refractivity contribution in [2.45, 2.75) is 57.9 Å². The molecule has 4 heteroatoms. The maximum atomic E-state index is 12.3. The molecule has 1 atom stereocenters. The Morgan fingerprint density at radius 2 is 1.95 bits per heavy atom. The maximum Gasteiger partial charge on any atom is 0.305 e. The number of hydrogen-bond acceptors (Lipinski definition) is 2. The molecule has 0 aliphatic heterocycles. The number of rotatable bonds is 6. The van der Waals surface area contributed by atoms with Gasteiger partial charge in [0.2, 0.25) is 0 Å². The van der Waals surface area contributed by atoms with Crippen molar-refractivity contribution in [2.75, 3.05) is 0 Å². The van der Waals surface area contributed by atoms with E-state index < -0.39 is 5.97 Å². The van der Waals surface area contributed by atoms with Crippen molar-refractivity contribution in [1.29, 1.82) is 0 Å². The van der Waals surface area contributed by atoms with Crippen molar-refractivity contribution < 1.29 is 14.7 Å². The third-order valence-corrected chi connectivity index (χ3v) is 4.00. The Hall–Kier alpha value is -1.84. The monoisotopic (exact) mass is 289 g/mol. The first-order valence-electron chi connectivity index (χ1n) is 7.74. The summed E-state index contributed by atoms with van der Waals surface area (Å²) in [5.41, 5.74) is 3.25. The van der Waals surface area contributed by atoms with E-state index in [1.165, 1.54) is 24.0 Å². The molecule has 1 amide bonds. The topological polar surface area (TPSA) is 66.4 Å². The molecule has 2 rings (SSSR count). The lowest BCUT2D eigenvalue weighted by Gasteiger charge is -2.19. The predicted molar refractivity (Wildman–Crippen MR) is 81.5 cm³/mol. The molecule has 0 radical (unpaired) electrons. The lowest BCUT2D eigenvalue weighted by molar-refractivity contribution is -0.137. The van der Waals surface area contributed by atoms with Gasteiger partial charge in [-0.3, -0.25) is 9.59 Å². The number of aryl methyl sites for hydroxylation is 2. The Kier molecular flexibility index (Phi) is 5.37. The molecule has 1 aliphatic carbocycles. The highest BCUT2D eigenvalue weighted by molar-refractivity contribution is 5.94. The molecule has 0 spiro atoms. The molecule has 1 aliphatic rings. The molecule has 114 valence electrons. The molecule has 4 nitrogen and oxygen atoms in total. The van der Waals surface area contributed by atoms with Crippen molar-refractivity contribution in [3.63, 3.8) is 0 Å². The van der Waals surface area contributed by atoms with Crippen LogP contribution in [0.3, 0.4) is 0 Å². The molecule has 0 aromatic heterocycles. The van der Waals surface area contributed by atoms with Gasteiger partial charge < -0.3 is 10.4 Å². The molecular formula is C17H23NO3. The van der Waals surface area contributed by atoms with Gasteiger partial charge in [-0.05, 0) is 55.4 Å². The van der Waals surface area contributed by atoms with Gasteiger partial charge in [-0.2, -0.15) is 0 Å². The van der Waals surface area contributed by atoms with Gasteiger partial charge in [-0.15, -0.1) is 0 Å². The maximum absolute atomic E-state index is 12.3. The lowest BCUT2D eigenvalue weighted by atomic mass is 9.90. The summed E-state index contributed by atoms with van der Waals surface area (Å²) in [6, 6.07) is 5.56. The first-order chi connectivity index (χ1) is 10.1. The fraction of sp³-hybridized carbons (Fsp3) is 0.529. The first kappa shape index (κ1) is 15.5. The van der Waals surface area contributed by atoms with Crippen LogP contribution in [0.1, 0.15) is 60.5 Å². The minimum absolute atomic E-state index is 0.0233. The largest absolute Gasteiger partial charge is 0.481 e. The fourth-order valence-electron chi connectivity index (χ4n) is 2.93. The predicted octanol–water partition coefficient (Wildman–Crippen LogP) is 2.94. The Labute approximate surface area is 125 Å². The highest BCUT2D eigenvalue weighted by Crippen LogP contribution is 2.22. The summed E-state index contributed by atoms with van der Waals surface area (Å²) in [4.78, 5) is 23.1. The summed E-state index contributed by atoms with van der Waals surface area (Å²) >= 11 is 0. The van der Waals surface area contributed by atoms with Gasteiger partial charge in [0.15, 0.2) is 0 Å². The molecule has 21 heavy (non-hydrogen) atoms. The van der Waals surface area contributed by atoms with Crippen LogP contribution in [0.15, 0.2) is 18.2 Å².